The third-order valence-electron chi connectivity index (χ3n) is 8.13. The van der Waals surface area contributed by atoms with Crippen LogP contribution in [-0.4, -0.2) is 155 Å². The van der Waals surface area contributed by atoms with Crippen LogP contribution in [0.5, 0.6) is 0 Å². The summed E-state index contributed by atoms with van der Waals surface area (Å²) in [6, 6.07) is -0.0128. The number of aromatic nitrogens is 3. The molecule has 2 aliphatic rings. The van der Waals surface area contributed by atoms with Crippen molar-refractivity contribution < 1.29 is 47.5 Å². The van der Waals surface area contributed by atoms with Crippen molar-refractivity contribution in [2.45, 2.75) is 53.6 Å². The maximum atomic E-state index is 12.7. The van der Waals surface area contributed by atoms with Gasteiger partial charge < -0.3 is 43.4 Å². The Bertz CT molecular complexity index is 1100. The minimum absolute atomic E-state index is 0.0128. The Morgan fingerprint density at radius 2 is 1.33 bits per heavy atom. The average molecular weight is 699 g/mol. The Morgan fingerprint density at radius 1 is 0.816 bits per heavy atom. The third-order valence-corrected chi connectivity index (χ3v) is 8.13. The minimum atomic E-state index is -0.304. The molecule has 0 aromatic carbocycles. The van der Waals surface area contributed by atoms with E-state index in [9.17, 15) is 14.4 Å². The quantitative estimate of drug-likeness (QED) is 0.109. The number of urea groups is 1. The smallest absolute Gasteiger partial charge is 0.317 e. The number of carbonyl (C=O) groups is 3. The number of nitrogens with zero attached hydrogens (tertiary/aromatic N) is 5. The van der Waals surface area contributed by atoms with Crippen LogP contribution in [0.4, 0.5) is 4.79 Å². The number of hydrogen-bond acceptors (Lipinski definition) is 12. The molecule has 2 atom stereocenters. The van der Waals surface area contributed by atoms with Gasteiger partial charge in [-0.1, -0.05) is 32.9 Å². The first kappa shape index (κ1) is 40.7. The van der Waals surface area contributed by atoms with Crippen molar-refractivity contribution in [3.8, 4) is 0 Å². The van der Waals surface area contributed by atoms with E-state index in [2.05, 4.69) is 22.6 Å². The maximum absolute atomic E-state index is 12.7. The summed E-state index contributed by atoms with van der Waals surface area (Å²) in [4.78, 5) is 40.1. The Morgan fingerprint density at radius 3 is 1.80 bits per heavy atom. The van der Waals surface area contributed by atoms with E-state index < -0.39 is 0 Å². The molecule has 0 saturated carbocycles. The van der Waals surface area contributed by atoms with Gasteiger partial charge in [-0.15, -0.1) is 5.10 Å². The van der Waals surface area contributed by atoms with Gasteiger partial charge in [-0.3, -0.25) is 14.5 Å². The highest BCUT2D eigenvalue weighted by atomic mass is 16.6. The molecule has 1 N–H and O–H groups in total. The molecule has 1 aromatic heterocycles. The van der Waals surface area contributed by atoms with E-state index in [4.69, 9.17) is 33.2 Å². The first-order chi connectivity index (χ1) is 23.6. The lowest BCUT2D eigenvalue weighted by Gasteiger charge is -2.24. The van der Waals surface area contributed by atoms with Gasteiger partial charge in [-0.25, -0.2) is 9.48 Å². The van der Waals surface area contributed by atoms with E-state index in [-0.39, 0.29) is 42.1 Å². The molecule has 1 aromatic rings. The average Bonchev–Trinajstić information content (AvgIpc) is 3.78. The highest BCUT2D eigenvalue weighted by Crippen LogP contribution is 2.35. The maximum Gasteiger partial charge on any atom is 0.317 e. The van der Waals surface area contributed by atoms with E-state index in [1.165, 1.54) is 4.90 Å². The summed E-state index contributed by atoms with van der Waals surface area (Å²) >= 11 is 0. The highest BCUT2D eigenvalue weighted by Gasteiger charge is 2.44. The monoisotopic (exact) mass is 698 g/mol. The summed E-state index contributed by atoms with van der Waals surface area (Å²) < 4.78 is 40.2. The predicted octanol–water partition coefficient (Wildman–Crippen LogP) is 1.37. The third kappa shape index (κ3) is 16.2. The number of nitrogens with one attached hydrogen (secondary N) is 1. The molecule has 16 nitrogen and oxygen atoms in total. The molecule has 49 heavy (non-hydrogen) atoms. The molecule has 3 rings (SSSR count). The molecule has 0 bridgehead atoms. The van der Waals surface area contributed by atoms with Crippen LogP contribution in [0.25, 0.3) is 0 Å². The predicted molar refractivity (Wildman–Crippen MR) is 178 cm³/mol. The minimum Gasteiger partial charge on any atom is -0.377 e. The van der Waals surface area contributed by atoms with Gasteiger partial charge in [-0.05, 0) is 17.8 Å². The topological polar surface area (TPSA) is 165 Å². The number of ether oxygens (including phenoxy) is 7. The molecule has 2 aliphatic heterocycles. The van der Waals surface area contributed by atoms with Gasteiger partial charge in [0.25, 0.3) is 0 Å². The summed E-state index contributed by atoms with van der Waals surface area (Å²) in [6.45, 7) is 17.4. The molecule has 4 amide bonds. The van der Waals surface area contributed by atoms with Crippen LogP contribution in [0, 0.1) is 17.3 Å². The van der Waals surface area contributed by atoms with Gasteiger partial charge in [0.15, 0.2) is 0 Å². The van der Waals surface area contributed by atoms with Crippen LogP contribution in [0.15, 0.2) is 6.20 Å². The number of hydrogen-bond donors (Lipinski definition) is 1. The second kappa shape index (κ2) is 22.9. The van der Waals surface area contributed by atoms with Crippen LogP contribution in [-0.2, 0) is 55.8 Å². The van der Waals surface area contributed by atoms with Gasteiger partial charge in [0.1, 0.15) is 5.69 Å². The molecule has 0 aliphatic carbocycles. The lowest BCUT2D eigenvalue weighted by atomic mass is 9.80. The van der Waals surface area contributed by atoms with E-state index in [0.717, 1.165) is 19.5 Å². The highest BCUT2D eigenvalue weighted by molar-refractivity contribution is 6.03. The molecular weight excluding hydrogens is 640 g/mol. The fourth-order valence-electron chi connectivity index (χ4n) is 5.25. The van der Waals surface area contributed by atoms with Crippen molar-refractivity contribution in [3.05, 3.63) is 11.9 Å². The van der Waals surface area contributed by atoms with Crippen molar-refractivity contribution in [2.24, 2.45) is 17.3 Å². The summed E-state index contributed by atoms with van der Waals surface area (Å²) in [6.07, 6.45) is 3.04. The van der Waals surface area contributed by atoms with E-state index in [0.29, 0.717) is 117 Å². The SMILES string of the molecule is C[C@@H]1CCN(C(=O)NCCOCCOCCOCCOCCOCCOCCOCCn2cc(CN3C(=O)CC(C(C)(C)C)C3=O)nn2)C1. The van der Waals surface area contributed by atoms with E-state index >= 15 is 0 Å². The number of rotatable bonds is 26. The van der Waals surface area contributed by atoms with Crippen molar-refractivity contribution in [2.75, 3.05) is 112 Å². The van der Waals surface area contributed by atoms with Crippen molar-refractivity contribution in [1.82, 2.24) is 30.1 Å². The van der Waals surface area contributed by atoms with Gasteiger partial charge in [0, 0.05) is 26.1 Å². The number of likely N-dealkylation sites (tertiary alicyclic amines) is 2. The first-order valence-corrected chi connectivity index (χ1v) is 17.5. The Hall–Kier alpha value is -2.73. The van der Waals surface area contributed by atoms with Gasteiger partial charge in [0.05, 0.1) is 118 Å². The molecule has 16 heteroatoms. The largest absolute Gasteiger partial charge is 0.377 e. The fourth-order valence-corrected chi connectivity index (χ4v) is 5.25. The molecular formula is C33H58N6O10. The summed E-state index contributed by atoms with van der Waals surface area (Å²) in [5.41, 5.74) is 0.311. The summed E-state index contributed by atoms with van der Waals surface area (Å²) in [5.74, 6) is -0.0323. The van der Waals surface area contributed by atoms with E-state index in [1.807, 2.05) is 25.7 Å². The van der Waals surface area contributed by atoms with Crippen LogP contribution < -0.4 is 5.32 Å². The van der Waals surface area contributed by atoms with Crippen LogP contribution in [0.3, 0.4) is 0 Å². The molecule has 3 heterocycles. The second-order valence-corrected chi connectivity index (χ2v) is 13.3. The lowest BCUT2D eigenvalue weighted by Crippen LogP contribution is -2.39. The normalized spacial score (nSPS) is 18.3. The molecule has 280 valence electrons. The van der Waals surface area contributed by atoms with Gasteiger partial charge >= 0.3 is 6.03 Å². The van der Waals surface area contributed by atoms with Crippen LogP contribution in [0.1, 0.15) is 46.2 Å². The zero-order valence-electron chi connectivity index (χ0n) is 29.9. The van der Waals surface area contributed by atoms with Gasteiger partial charge in [-0.2, -0.15) is 0 Å². The van der Waals surface area contributed by atoms with Gasteiger partial charge in [0.2, 0.25) is 11.8 Å². The molecule has 0 spiro atoms. The van der Waals surface area contributed by atoms with Crippen molar-refractivity contribution in [3.63, 3.8) is 0 Å². The van der Waals surface area contributed by atoms with E-state index in [1.54, 1.807) is 10.9 Å². The molecule has 1 unspecified atom stereocenters. The van der Waals surface area contributed by atoms with Crippen LogP contribution in [0.2, 0.25) is 0 Å². The Labute approximate surface area is 290 Å². The Balaban J connectivity index is 1.00. The molecule has 0 radical (unpaired) electrons. The zero-order chi connectivity index (χ0) is 35.3. The number of amides is 4. The fraction of sp³-hybridized carbons (Fsp3) is 0.848. The van der Waals surface area contributed by atoms with Crippen molar-refractivity contribution in [1.29, 1.82) is 0 Å². The van der Waals surface area contributed by atoms with Crippen LogP contribution >= 0.6 is 0 Å². The summed E-state index contributed by atoms with van der Waals surface area (Å²) in [7, 11) is 0. The van der Waals surface area contributed by atoms with Crippen molar-refractivity contribution >= 4 is 17.8 Å². The Kier molecular flexibility index (Phi) is 19.0. The number of imide groups is 1. The first-order valence-electron chi connectivity index (χ1n) is 17.5. The second-order valence-electron chi connectivity index (χ2n) is 13.3. The summed E-state index contributed by atoms with van der Waals surface area (Å²) in [5, 5.41) is 11.0. The lowest BCUT2D eigenvalue weighted by molar-refractivity contribution is -0.141. The standard InChI is InChI=1S/C33H58N6O10/c1-27-5-7-37(24-27)32(42)34-6-9-43-11-13-45-15-17-47-19-21-49-22-20-48-18-16-46-14-12-44-10-8-38-25-28(35-36-38)26-39-30(40)23-29(31(39)41)33(2,3)4/h25,27,29H,5-24,26H2,1-4H3,(H,34,42)/t27-,29?/m1/s1. The number of carbonyl (C=O) groups excluding carboxylic acids is 3. The molecule has 2 saturated heterocycles. The zero-order valence-corrected chi connectivity index (χ0v) is 29.9. The molecule has 2 fully saturated rings.